The van der Waals surface area contributed by atoms with Crippen molar-refractivity contribution in [2.24, 2.45) is 7.05 Å². The van der Waals surface area contributed by atoms with Crippen LogP contribution in [0.3, 0.4) is 0 Å². The van der Waals surface area contributed by atoms with Crippen molar-refractivity contribution in [1.29, 1.82) is 0 Å². The summed E-state index contributed by atoms with van der Waals surface area (Å²) in [5.74, 6) is 0.952. The van der Waals surface area contributed by atoms with Crippen LogP contribution >= 0.6 is 0 Å². The first-order valence-electron chi connectivity index (χ1n) is 13.3. The highest BCUT2D eigenvalue weighted by atomic mass is 16.1. The zero-order valence-electron chi connectivity index (χ0n) is 22.4. The number of pyridine rings is 2. The summed E-state index contributed by atoms with van der Waals surface area (Å²) in [7, 11) is 1.83. The van der Waals surface area contributed by atoms with E-state index in [-0.39, 0.29) is 5.56 Å². The third kappa shape index (κ3) is 4.41. The highest BCUT2D eigenvalue weighted by Crippen LogP contribution is 2.39. The molecule has 0 saturated carbocycles. The summed E-state index contributed by atoms with van der Waals surface area (Å²) < 4.78 is 1.70. The van der Waals surface area contributed by atoms with Crippen LogP contribution in [-0.2, 0) is 7.05 Å². The minimum absolute atomic E-state index is 0.00733. The molecule has 4 heterocycles. The van der Waals surface area contributed by atoms with Crippen LogP contribution in [0.25, 0.3) is 33.3 Å². The van der Waals surface area contributed by atoms with Crippen LogP contribution in [0.5, 0.6) is 0 Å². The number of aromatic nitrogens is 3. The Morgan fingerprint density at radius 3 is 2.44 bits per heavy atom. The Labute approximate surface area is 214 Å². The maximum atomic E-state index is 13.1. The van der Waals surface area contributed by atoms with E-state index in [2.05, 4.69) is 60.8 Å². The van der Waals surface area contributed by atoms with Crippen LogP contribution in [0.4, 0.5) is 0 Å². The average molecular weight is 483 g/mol. The fourth-order valence-corrected chi connectivity index (χ4v) is 5.87. The number of aryl methyl sites for hydroxylation is 2. The first kappa shape index (κ1) is 24.5. The van der Waals surface area contributed by atoms with Gasteiger partial charge in [0, 0.05) is 58.8 Å². The Bertz CT molecular complexity index is 1450. The Hall–Kier alpha value is -3.18. The van der Waals surface area contributed by atoms with Gasteiger partial charge in [0.05, 0.1) is 5.69 Å². The molecule has 3 aromatic heterocycles. The minimum Gasteiger partial charge on any atom is -0.354 e. The second-order valence-electron chi connectivity index (χ2n) is 11.0. The van der Waals surface area contributed by atoms with E-state index < -0.39 is 0 Å². The lowest BCUT2D eigenvalue weighted by atomic mass is 9.87. The third-order valence-electron chi connectivity index (χ3n) is 7.94. The molecule has 0 amide bonds. The monoisotopic (exact) mass is 482 g/mol. The molecule has 0 bridgehead atoms. The van der Waals surface area contributed by atoms with Gasteiger partial charge in [0.25, 0.3) is 5.56 Å². The predicted octanol–water partition coefficient (Wildman–Crippen LogP) is 6.62. The van der Waals surface area contributed by atoms with Crippen LogP contribution in [-0.4, -0.2) is 38.6 Å². The summed E-state index contributed by atoms with van der Waals surface area (Å²) >= 11 is 0. The largest absolute Gasteiger partial charge is 0.354 e. The molecule has 1 fully saturated rings. The Morgan fingerprint density at radius 2 is 1.78 bits per heavy atom. The van der Waals surface area contributed by atoms with Gasteiger partial charge in [-0.3, -0.25) is 9.78 Å². The molecule has 36 heavy (non-hydrogen) atoms. The van der Waals surface area contributed by atoms with Gasteiger partial charge >= 0.3 is 0 Å². The van der Waals surface area contributed by atoms with Gasteiger partial charge < -0.3 is 14.5 Å². The number of fused-ring (bicyclic) bond motifs is 1. The van der Waals surface area contributed by atoms with E-state index in [9.17, 15) is 4.79 Å². The van der Waals surface area contributed by atoms with Gasteiger partial charge in [0.15, 0.2) is 0 Å². The number of hydrogen-bond acceptors (Lipinski definition) is 3. The second-order valence-corrected chi connectivity index (χ2v) is 11.0. The molecule has 5 rings (SSSR count). The van der Waals surface area contributed by atoms with E-state index >= 15 is 0 Å². The van der Waals surface area contributed by atoms with Gasteiger partial charge in [-0.25, -0.2) is 0 Å². The molecule has 5 nitrogen and oxygen atoms in total. The van der Waals surface area contributed by atoms with E-state index in [0.29, 0.717) is 23.4 Å². The lowest BCUT2D eigenvalue weighted by Crippen LogP contribution is -2.37. The molecule has 0 aliphatic carbocycles. The summed E-state index contributed by atoms with van der Waals surface area (Å²) in [5, 5.41) is 1.30. The predicted molar refractivity (Wildman–Crippen MR) is 150 cm³/mol. The molecule has 0 unspecified atom stereocenters. The van der Waals surface area contributed by atoms with Crippen molar-refractivity contribution in [3.8, 4) is 22.4 Å². The molecular formula is C31H38N4O. The standard InChI is InChI=1S/C31H38N4O/c1-19(2)29-27-16-23(22-11-14-35(15-12-22)20(3)4)9-10-28(27)33-30(29)24-17-26(31(36)34(6)18-24)25-8-7-13-32-21(25)5/h7-10,13,16-20,22,33H,11-12,14-15H2,1-6H3. The fraction of sp³-hybridized carbons (Fsp3) is 0.419. The van der Waals surface area contributed by atoms with Crippen LogP contribution in [0, 0.1) is 6.92 Å². The molecule has 1 aliphatic heterocycles. The molecule has 4 aromatic rings. The normalized spacial score (nSPS) is 15.4. The number of rotatable bonds is 5. The zero-order valence-corrected chi connectivity index (χ0v) is 22.4. The number of likely N-dealkylation sites (tertiary alicyclic amines) is 1. The van der Waals surface area contributed by atoms with Crippen molar-refractivity contribution in [2.45, 2.75) is 65.3 Å². The number of hydrogen-bond donors (Lipinski definition) is 1. The van der Waals surface area contributed by atoms with Crippen molar-refractivity contribution >= 4 is 10.9 Å². The van der Waals surface area contributed by atoms with Crippen molar-refractivity contribution < 1.29 is 0 Å². The smallest absolute Gasteiger partial charge is 0.258 e. The first-order valence-corrected chi connectivity index (χ1v) is 13.3. The van der Waals surface area contributed by atoms with Gasteiger partial charge in [0.2, 0.25) is 0 Å². The summed E-state index contributed by atoms with van der Waals surface area (Å²) in [6.07, 6.45) is 6.15. The van der Waals surface area contributed by atoms with Crippen LogP contribution < -0.4 is 5.56 Å². The summed E-state index contributed by atoms with van der Waals surface area (Å²) in [6.45, 7) is 13.4. The third-order valence-corrected chi connectivity index (χ3v) is 7.94. The van der Waals surface area contributed by atoms with Crippen molar-refractivity contribution in [2.75, 3.05) is 13.1 Å². The molecular weight excluding hydrogens is 444 g/mol. The second kappa shape index (κ2) is 9.70. The number of nitrogens with one attached hydrogen (secondary N) is 1. The minimum atomic E-state index is -0.00733. The molecule has 0 atom stereocenters. The average Bonchev–Trinajstić information content (AvgIpc) is 3.25. The van der Waals surface area contributed by atoms with Crippen LogP contribution in [0.1, 0.15) is 69.2 Å². The molecule has 188 valence electrons. The van der Waals surface area contributed by atoms with Crippen molar-refractivity contribution in [1.82, 2.24) is 19.4 Å². The van der Waals surface area contributed by atoms with E-state index in [4.69, 9.17) is 0 Å². The van der Waals surface area contributed by atoms with E-state index in [1.165, 1.54) is 42.4 Å². The highest BCUT2D eigenvalue weighted by molar-refractivity contribution is 5.92. The lowest BCUT2D eigenvalue weighted by Gasteiger charge is -2.34. The molecule has 1 aromatic carbocycles. The SMILES string of the molecule is Cc1ncccc1-c1cc(-c2[nH]c3ccc(C4CCN(C(C)C)CC4)cc3c2C(C)C)cn(C)c1=O. The molecule has 1 N–H and O–H groups in total. The molecule has 1 saturated heterocycles. The Morgan fingerprint density at radius 1 is 1.03 bits per heavy atom. The van der Waals surface area contributed by atoms with E-state index in [1.54, 1.807) is 10.8 Å². The van der Waals surface area contributed by atoms with Gasteiger partial charge in [-0.15, -0.1) is 0 Å². The van der Waals surface area contributed by atoms with Crippen LogP contribution in [0.2, 0.25) is 0 Å². The molecule has 5 heteroatoms. The number of nitrogens with zero attached hydrogens (tertiary/aromatic N) is 3. The van der Waals surface area contributed by atoms with Crippen molar-refractivity contribution in [3.63, 3.8) is 0 Å². The molecule has 0 radical (unpaired) electrons. The van der Waals surface area contributed by atoms with Crippen molar-refractivity contribution in [3.05, 3.63) is 76.0 Å². The number of piperidine rings is 1. The van der Waals surface area contributed by atoms with Gasteiger partial charge in [0.1, 0.15) is 0 Å². The molecule has 0 spiro atoms. The first-order chi connectivity index (χ1) is 17.2. The van der Waals surface area contributed by atoms with Gasteiger partial charge in [-0.05, 0) is 93.9 Å². The Kier molecular flexibility index (Phi) is 6.60. The summed E-state index contributed by atoms with van der Waals surface area (Å²) in [6, 6.07) is 13.5. The quantitative estimate of drug-likeness (QED) is 0.348. The molecule has 1 aliphatic rings. The van der Waals surface area contributed by atoms with Crippen LogP contribution in [0.15, 0.2) is 53.6 Å². The fourth-order valence-electron chi connectivity index (χ4n) is 5.87. The number of benzene rings is 1. The highest BCUT2D eigenvalue weighted by Gasteiger charge is 2.24. The maximum Gasteiger partial charge on any atom is 0.258 e. The van der Waals surface area contributed by atoms with Gasteiger partial charge in [-0.1, -0.05) is 26.0 Å². The lowest BCUT2D eigenvalue weighted by molar-refractivity contribution is 0.172. The number of aromatic amines is 1. The Balaban J connectivity index is 1.60. The maximum absolute atomic E-state index is 13.1. The van der Waals surface area contributed by atoms with E-state index in [0.717, 1.165) is 28.0 Å². The zero-order chi connectivity index (χ0) is 25.6. The van der Waals surface area contributed by atoms with E-state index in [1.807, 2.05) is 38.4 Å². The summed E-state index contributed by atoms with van der Waals surface area (Å²) in [5.41, 5.74) is 8.48. The topological polar surface area (TPSA) is 53.9 Å². The van der Waals surface area contributed by atoms with Gasteiger partial charge in [-0.2, -0.15) is 0 Å². The number of H-pyrrole nitrogens is 1. The summed E-state index contributed by atoms with van der Waals surface area (Å²) in [4.78, 5) is 23.8.